The van der Waals surface area contributed by atoms with Crippen molar-refractivity contribution < 1.29 is 9.59 Å². The number of rotatable bonds is 12. The molecule has 7 heteroatoms. The first-order chi connectivity index (χ1) is 15.8. The number of imidazole rings is 1. The second-order valence-corrected chi connectivity index (χ2v) is 9.85. The molecule has 0 fully saturated rings. The van der Waals surface area contributed by atoms with E-state index in [1.807, 2.05) is 23.1 Å². The van der Waals surface area contributed by atoms with Gasteiger partial charge in [-0.3, -0.25) is 9.59 Å². The molecular weight excluding hydrogens is 414 g/mol. The van der Waals surface area contributed by atoms with Crippen LogP contribution < -0.4 is 10.2 Å². The van der Waals surface area contributed by atoms with Crippen LogP contribution in [0.3, 0.4) is 0 Å². The summed E-state index contributed by atoms with van der Waals surface area (Å²) in [6.07, 6.45) is 6.87. The summed E-state index contributed by atoms with van der Waals surface area (Å²) in [6.45, 7) is 13.3. The van der Waals surface area contributed by atoms with Crippen LogP contribution in [0.4, 0.5) is 5.69 Å². The summed E-state index contributed by atoms with van der Waals surface area (Å²) in [5.74, 6) is 1.08. The highest BCUT2D eigenvalue weighted by Crippen LogP contribution is 2.30. The molecule has 2 heterocycles. The number of aromatic nitrogens is 2. The average molecular weight is 454 g/mol. The number of benzene rings is 1. The minimum atomic E-state index is -0.600. The van der Waals surface area contributed by atoms with Crippen molar-refractivity contribution in [1.29, 1.82) is 0 Å². The Morgan fingerprint density at radius 1 is 1.12 bits per heavy atom. The molecule has 1 aromatic carbocycles. The maximum atomic E-state index is 13.5. The number of hydrogen-bond acceptors (Lipinski definition) is 4. The number of nitrogens with one attached hydrogen (secondary N) is 1. The standard InChI is InChI=1S/C26H39N5O2/c1-20(2)17-29(18-21(3)4)13-7-11-28-25(32)16-24(30-15-12-27-19-30)26(33)31-14-10-22-8-5-6-9-23(22)31/h5-6,8-9,12,15,19-21,24H,7,10-11,13-14,16-18H2,1-4H3,(H,28,32)/t24-/m1/s1. The number of fused-ring (bicyclic) bond motifs is 1. The third kappa shape index (κ3) is 7.16. The highest BCUT2D eigenvalue weighted by Gasteiger charge is 2.32. The van der Waals surface area contributed by atoms with Crippen molar-refractivity contribution in [3.05, 3.63) is 48.5 Å². The van der Waals surface area contributed by atoms with E-state index >= 15 is 0 Å². The number of nitrogens with zero attached hydrogens (tertiary/aromatic N) is 4. The van der Waals surface area contributed by atoms with Gasteiger partial charge in [0.05, 0.1) is 12.7 Å². The van der Waals surface area contributed by atoms with Crippen molar-refractivity contribution in [2.45, 2.75) is 53.0 Å². The minimum Gasteiger partial charge on any atom is -0.356 e. The highest BCUT2D eigenvalue weighted by atomic mass is 16.2. The van der Waals surface area contributed by atoms with Crippen molar-refractivity contribution >= 4 is 17.5 Å². The van der Waals surface area contributed by atoms with Crippen LogP contribution in [0.5, 0.6) is 0 Å². The molecule has 180 valence electrons. The molecule has 1 atom stereocenters. The Kier molecular flexibility index (Phi) is 9.06. The monoisotopic (exact) mass is 453 g/mol. The molecule has 1 N–H and O–H groups in total. The first-order valence-corrected chi connectivity index (χ1v) is 12.2. The van der Waals surface area contributed by atoms with E-state index in [0.717, 1.165) is 38.2 Å². The number of amides is 2. The maximum absolute atomic E-state index is 13.5. The Morgan fingerprint density at radius 2 is 1.85 bits per heavy atom. The fourth-order valence-electron chi connectivity index (χ4n) is 4.59. The Bertz CT molecular complexity index is 884. The van der Waals surface area contributed by atoms with Gasteiger partial charge in [-0.05, 0) is 42.9 Å². The maximum Gasteiger partial charge on any atom is 0.250 e. The molecule has 0 saturated heterocycles. The Balaban J connectivity index is 1.56. The quantitative estimate of drug-likeness (QED) is 0.499. The van der Waals surface area contributed by atoms with Gasteiger partial charge in [0.1, 0.15) is 6.04 Å². The lowest BCUT2D eigenvalue weighted by Crippen LogP contribution is -2.39. The van der Waals surface area contributed by atoms with Crippen molar-refractivity contribution in [2.24, 2.45) is 11.8 Å². The van der Waals surface area contributed by atoms with Gasteiger partial charge in [-0.15, -0.1) is 0 Å². The lowest BCUT2D eigenvalue weighted by Gasteiger charge is -2.26. The topological polar surface area (TPSA) is 70.5 Å². The van der Waals surface area contributed by atoms with E-state index in [0.29, 0.717) is 24.9 Å². The van der Waals surface area contributed by atoms with Gasteiger partial charge in [0.15, 0.2) is 0 Å². The fraction of sp³-hybridized carbons (Fsp3) is 0.577. The van der Waals surface area contributed by atoms with Crippen LogP contribution in [-0.4, -0.2) is 59.0 Å². The van der Waals surface area contributed by atoms with Gasteiger partial charge in [0, 0.05) is 44.3 Å². The van der Waals surface area contributed by atoms with Crippen LogP contribution >= 0.6 is 0 Å². The Labute approximate surface area is 198 Å². The smallest absolute Gasteiger partial charge is 0.250 e. The van der Waals surface area contributed by atoms with Gasteiger partial charge in [0.25, 0.3) is 5.91 Å². The van der Waals surface area contributed by atoms with Gasteiger partial charge in [-0.25, -0.2) is 4.98 Å². The van der Waals surface area contributed by atoms with E-state index in [1.54, 1.807) is 23.3 Å². The zero-order chi connectivity index (χ0) is 23.8. The zero-order valence-electron chi connectivity index (χ0n) is 20.5. The largest absolute Gasteiger partial charge is 0.356 e. The predicted octanol–water partition coefficient (Wildman–Crippen LogP) is 3.52. The molecular formula is C26H39N5O2. The third-order valence-corrected chi connectivity index (χ3v) is 5.92. The van der Waals surface area contributed by atoms with Crippen LogP contribution in [-0.2, 0) is 16.0 Å². The van der Waals surface area contributed by atoms with Crippen molar-refractivity contribution in [1.82, 2.24) is 19.8 Å². The molecule has 0 unspecified atom stereocenters. The molecule has 33 heavy (non-hydrogen) atoms. The van der Waals surface area contributed by atoms with Gasteiger partial charge < -0.3 is 19.7 Å². The molecule has 3 rings (SSSR count). The summed E-state index contributed by atoms with van der Waals surface area (Å²) in [6, 6.07) is 7.38. The van der Waals surface area contributed by atoms with E-state index in [-0.39, 0.29) is 18.2 Å². The average Bonchev–Trinajstić information content (AvgIpc) is 3.43. The third-order valence-electron chi connectivity index (χ3n) is 5.92. The summed E-state index contributed by atoms with van der Waals surface area (Å²) in [4.78, 5) is 34.6. The van der Waals surface area contributed by atoms with Gasteiger partial charge in [-0.1, -0.05) is 45.9 Å². The van der Waals surface area contributed by atoms with Gasteiger partial charge >= 0.3 is 0 Å². The summed E-state index contributed by atoms with van der Waals surface area (Å²) in [7, 11) is 0. The molecule has 0 aliphatic carbocycles. The van der Waals surface area contributed by atoms with Crippen molar-refractivity contribution in [2.75, 3.05) is 37.6 Å². The minimum absolute atomic E-state index is 0.0619. The first-order valence-electron chi connectivity index (χ1n) is 12.2. The molecule has 1 aromatic heterocycles. The molecule has 2 aromatic rings. The van der Waals surface area contributed by atoms with Crippen molar-refractivity contribution in [3.8, 4) is 0 Å². The molecule has 0 bridgehead atoms. The number of para-hydroxylation sites is 1. The van der Waals surface area contributed by atoms with Crippen molar-refractivity contribution in [3.63, 3.8) is 0 Å². The summed E-state index contributed by atoms with van der Waals surface area (Å²) >= 11 is 0. The normalized spacial score (nSPS) is 14.2. The van der Waals surface area contributed by atoms with E-state index < -0.39 is 6.04 Å². The molecule has 2 amide bonds. The first kappa shape index (κ1) is 25.0. The van der Waals surface area contributed by atoms with Crippen LogP contribution in [0.25, 0.3) is 0 Å². The highest BCUT2D eigenvalue weighted by molar-refractivity contribution is 6.00. The van der Waals surface area contributed by atoms with Crippen LogP contribution in [0.1, 0.15) is 52.1 Å². The lowest BCUT2D eigenvalue weighted by molar-refractivity contribution is -0.128. The van der Waals surface area contributed by atoms with E-state index in [4.69, 9.17) is 0 Å². The summed E-state index contributed by atoms with van der Waals surface area (Å²) in [5, 5.41) is 3.03. The Morgan fingerprint density at radius 3 is 2.52 bits per heavy atom. The predicted molar refractivity (Wildman–Crippen MR) is 132 cm³/mol. The number of carbonyl (C=O) groups is 2. The number of hydrogen-bond donors (Lipinski definition) is 1. The van der Waals surface area contributed by atoms with E-state index in [2.05, 4.69) is 49.0 Å². The molecule has 7 nitrogen and oxygen atoms in total. The SMILES string of the molecule is CC(C)CN(CCCNC(=O)C[C@H](C(=O)N1CCc2ccccc21)n1ccnc1)CC(C)C. The number of carbonyl (C=O) groups excluding carboxylic acids is 2. The second kappa shape index (κ2) is 12.0. The number of anilines is 1. The molecule has 1 aliphatic rings. The fourth-order valence-corrected chi connectivity index (χ4v) is 4.59. The zero-order valence-corrected chi connectivity index (χ0v) is 20.5. The molecule has 1 aliphatic heterocycles. The summed E-state index contributed by atoms with van der Waals surface area (Å²) < 4.78 is 1.75. The van der Waals surface area contributed by atoms with E-state index in [9.17, 15) is 9.59 Å². The van der Waals surface area contributed by atoms with Gasteiger partial charge in [-0.2, -0.15) is 0 Å². The van der Waals surface area contributed by atoms with Crippen LogP contribution in [0, 0.1) is 11.8 Å². The molecule has 0 radical (unpaired) electrons. The summed E-state index contributed by atoms with van der Waals surface area (Å²) in [5.41, 5.74) is 2.12. The second-order valence-electron chi connectivity index (χ2n) is 9.85. The Hall–Kier alpha value is -2.67. The molecule has 0 saturated carbocycles. The van der Waals surface area contributed by atoms with Crippen LogP contribution in [0.15, 0.2) is 43.0 Å². The van der Waals surface area contributed by atoms with E-state index in [1.165, 1.54) is 5.56 Å². The molecule has 0 spiro atoms. The van der Waals surface area contributed by atoms with Gasteiger partial charge in [0.2, 0.25) is 5.91 Å². The lowest BCUT2D eigenvalue weighted by atomic mass is 10.1. The van der Waals surface area contributed by atoms with Crippen LogP contribution in [0.2, 0.25) is 0 Å².